The van der Waals surface area contributed by atoms with Crippen molar-refractivity contribution in [3.05, 3.63) is 70.8 Å². The Bertz CT molecular complexity index is 1140. The van der Waals surface area contributed by atoms with Gasteiger partial charge in [-0.1, -0.05) is 49.4 Å². The van der Waals surface area contributed by atoms with E-state index in [1.807, 2.05) is 32.9 Å². The zero-order valence-electron chi connectivity index (χ0n) is 19.3. The molecule has 0 saturated heterocycles. The molecule has 2 aromatic carbocycles. The Morgan fingerprint density at radius 1 is 1.09 bits per heavy atom. The number of amides is 2. The first-order chi connectivity index (χ1) is 15.7. The lowest BCUT2D eigenvalue weighted by Crippen LogP contribution is -2.33. The summed E-state index contributed by atoms with van der Waals surface area (Å²) >= 11 is 1.22. The molecule has 0 fully saturated rings. The fourth-order valence-electron chi connectivity index (χ4n) is 3.24. The first-order valence-corrected chi connectivity index (χ1v) is 11.6. The van der Waals surface area contributed by atoms with Crippen LogP contribution in [0.2, 0.25) is 0 Å². The van der Waals surface area contributed by atoms with Gasteiger partial charge in [0.25, 0.3) is 5.91 Å². The number of benzene rings is 2. The molecule has 0 aliphatic rings. The quantitative estimate of drug-likeness (QED) is 0.477. The van der Waals surface area contributed by atoms with E-state index in [2.05, 4.69) is 20.8 Å². The summed E-state index contributed by atoms with van der Waals surface area (Å²) in [5.41, 5.74) is 2.49. The van der Waals surface area contributed by atoms with E-state index in [4.69, 9.17) is 0 Å². The summed E-state index contributed by atoms with van der Waals surface area (Å²) in [7, 11) is 1.81. The average molecular weight is 470 g/mol. The minimum atomic E-state index is -0.370. The van der Waals surface area contributed by atoms with Gasteiger partial charge in [-0.3, -0.25) is 9.59 Å². The minimum Gasteiger partial charge on any atom is -0.342 e. The van der Waals surface area contributed by atoms with E-state index in [0.29, 0.717) is 27.8 Å². The van der Waals surface area contributed by atoms with Crippen molar-refractivity contribution in [2.75, 3.05) is 11.1 Å². The van der Waals surface area contributed by atoms with Crippen LogP contribution in [0.1, 0.15) is 47.2 Å². The van der Waals surface area contributed by atoms with Gasteiger partial charge in [-0.05, 0) is 44.0 Å². The number of hydrogen-bond donors (Lipinski definition) is 2. The maximum Gasteiger partial charge on any atom is 0.251 e. The van der Waals surface area contributed by atoms with E-state index >= 15 is 0 Å². The zero-order chi connectivity index (χ0) is 24.1. The molecule has 2 N–H and O–H groups in total. The van der Waals surface area contributed by atoms with Crippen LogP contribution in [-0.2, 0) is 11.8 Å². The van der Waals surface area contributed by atoms with Gasteiger partial charge in [0.2, 0.25) is 5.91 Å². The second-order valence-corrected chi connectivity index (χ2v) is 9.15. The molecule has 7 nitrogen and oxygen atoms in total. The number of rotatable bonds is 8. The molecule has 0 bridgehead atoms. The number of carbonyl (C=O) groups is 2. The lowest BCUT2D eigenvalue weighted by atomic mass is 10.0. The number of halogens is 1. The second-order valence-electron chi connectivity index (χ2n) is 8.21. The number of aryl methyl sites for hydroxylation is 1. The van der Waals surface area contributed by atoms with Crippen LogP contribution in [0.4, 0.5) is 10.1 Å². The number of anilines is 1. The van der Waals surface area contributed by atoms with Crippen LogP contribution in [0.3, 0.4) is 0 Å². The van der Waals surface area contributed by atoms with Crippen molar-refractivity contribution in [1.29, 1.82) is 0 Å². The molecule has 0 unspecified atom stereocenters. The first kappa shape index (κ1) is 24.4. The van der Waals surface area contributed by atoms with Crippen molar-refractivity contribution >= 4 is 29.3 Å². The molecule has 1 heterocycles. The summed E-state index contributed by atoms with van der Waals surface area (Å²) < 4.78 is 15.5. The van der Waals surface area contributed by atoms with Crippen LogP contribution >= 0.6 is 11.8 Å². The SMILES string of the molecule is Cc1ccc(C(=O)N[C@@H](c2nnc(SCC(=O)Nc3cccc(F)c3C)n2C)C(C)C)cc1. The normalized spacial score (nSPS) is 12.0. The highest BCUT2D eigenvalue weighted by atomic mass is 32.2. The van der Waals surface area contributed by atoms with Gasteiger partial charge in [0.1, 0.15) is 5.82 Å². The molecule has 3 aromatic rings. The summed E-state index contributed by atoms with van der Waals surface area (Å²) in [4.78, 5) is 25.1. The minimum absolute atomic E-state index is 0.0689. The topological polar surface area (TPSA) is 88.9 Å². The Morgan fingerprint density at radius 3 is 2.45 bits per heavy atom. The summed E-state index contributed by atoms with van der Waals surface area (Å²) in [6, 6.07) is 11.6. The van der Waals surface area contributed by atoms with Crippen LogP contribution in [0.25, 0.3) is 0 Å². The lowest BCUT2D eigenvalue weighted by Gasteiger charge is -2.21. The summed E-state index contributed by atoms with van der Waals surface area (Å²) in [5.74, 6) is -0.0640. The molecule has 0 saturated carbocycles. The van der Waals surface area contributed by atoms with Crippen molar-refractivity contribution in [2.24, 2.45) is 13.0 Å². The van der Waals surface area contributed by atoms with Gasteiger partial charge in [0, 0.05) is 23.9 Å². The summed E-state index contributed by atoms with van der Waals surface area (Å²) in [6.45, 7) is 7.58. The van der Waals surface area contributed by atoms with Crippen LogP contribution in [-0.4, -0.2) is 32.3 Å². The summed E-state index contributed by atoms with van der Waals surface area (Å²) in [6.07, 6.45) is 0. The molecule has 0 aliphatic carbocycles. The van der Waals surface area contributed by atoms with Gasteiger partial charge >= 0.3 is 0 Å². The molecule has 0 aliphatic heterocycles. The molecule has 174 valence electrons. The predicted octanol–water partition coefficient (Wildman–Crippen LogP) is 4.43. The third-order valence-electron chi connectivity index (χ3n) is 5.29. The number of aromatic nitrogens is 3. The van der Waals surface area contributed by atoms with Gasteiger partial charge in [0.15, 0.2) is 11.0 Å². The highest BCUT2D eigenvalue weighted by Crippen LogP contribution is 2.25. The number of nitrogens with zero attached hydrogens (tertiary/aromatic N) is 3. The lowest BCUT2D eigenvalue weighted by molar-refractivity contribution is -0.113. The van der Waals surface area contributed by atoms with E-state index in [-0.39, 0.29) is 35.3 Å². The standard InChI is InChI=1S/C24H28FN5O2S/c1-14(2)21(27-23(32)17-11-9-15(3)10-12-17)22-28-29-24(30(22)5)33-13-20(31)26-19-8-6-7-18(25)16(19)4/h6-12,14,21H,13H2,1-5H3,(H,26,31)(H,27,32)/t21-/m1/s1. The van der Waals surface area contributed by atoms with Gasteiger partial charge < -0.3 is 15.2 Å². The Labute approximate surface area is 197 Å². The van der Waals surface area contributed by atoms with Crippen LogP contribution in [0.15, 0.2) is 47.6 Å². The molecular weight excluding hydrogens is 441 g/mol. The van der Waals surface area contributed by atoms with Crippen molar-refractivity contribution in [3.63, 3.8) is 0 Å². The molecule has 9 heteroatoms. The van der Waals surface area contributed by atoms with E-state index in [1.54, 1.807) is 42.8 Å². The Hall–Kier alpha value is -3.20. The van der Waals surface area contributed by atoms with Crippen LogP contribution in [0.5, 0.6) is 0 Å². The molecule has 0 spiro atoms. The monoisotopic (exact) mass is 469 g/mol. The number of thioether (sulfide) groups is 1. The van der Waals surface area contributed by atoms with Crippen LogP contribution in [0, 0.1) is 25.6 Å². The van der Waals surface area contributed by atoms with Gasteiger partial charge in [-0.15, -0.1) is 10.2 Å². The number of nitrogens with one attached hydrogen (secondary N) is 2. The smallest absolute Gasteiger partial charge is 0.251 e. The maximum atomic E-state index is 13.7. The Morgan fingerprint density at radius 2 is 1.79 bits per heavy atom. The molecule has 1 atom stereocenters. The maximum absolute atomic E-state index is 13.7. The molecule has 2 amide bonds. The van der Waals surface area contributed by atoms with Gasteiger partial charge in [0.05, 0.1) is 11.8 Å². The third-order valence-corrected chi connectivity index (χ3v) is 6.31. The molecule has 0 radical (unpaired) electrons. The molecule has 1 aromatic heterocycles. The zero-order valence-corrected chi connectivity index (χ0v) is 20.2. The van der Waals surface area contributed by atoms with E-state index in [0.717, 1.165) is 5.56 Å². The average Bonchev–Trinajstić information content (AvgIpc) is 3.14. The van der Waals surface area contributed by atoms with E-state index < -0.39 is 0 Å². The van der Waals surface area contributed by atoms with E-state index in [1.165, 1.54) is 17.8 Å². The fraction of sp³-hybridized carbons (Fsp3) is 0.333. The van der Waals surface area contributed by atoms with Crippen molar-refractivity contribution < 1.29 is 14.0 Å². The Kier molecular flexibility index (Phi) is 7.86. The van der Waals surface area contributed by atoms with Gasteiger partial charge in [-0.25, -0.2) is 4.39 Å². The number of carbonyl (C=O) groups excluding carboxylic acids is 2. The molecular formula is C24H28FN5O2S. The molecule has 3 rings (SSSR count). The predicted molar refractivity (Wildman–Crippen MR) is 128 cm³/mol. The highest BCUT2D eigenvalue weighted by molar-refractivity contribution is 7.99. The summed E-state index contributed by atoms with van der Waals surface area (Å²) in [5, 5.41) is 14.8. The second kappa shape index (κ2) is 10.6. The molecule has 33 heavy (non-hydrogen) atoms. The van der Waals surface area contributed by atoms with Crippen LogP contribution < -0.4 is 10.6 Å². The van der Waals surface area contributed by atoms with Gasteiger partial charge in [-0.2, -0.15) is 0 Å². The fourth-order valence-corrected chi connectivity index (χ4v) is 3.96. The number of hydrogen-bond acceptors (Lipinski definition) is 5. The van der Waals surface area contributed by atoms with E-state index in [9.17, 15) is 14.0 Å². The first-order valence-electron chi connectivity index (χ1n) is 10.6. The largest absolute Gasteiger partial charge is 0.342 e. The highest BCUT2D eigenvalue weighted by Gasteiger charge is 2.25. The van der Waals surface area contributed by atoms with Crippen molar-refractivity contribution in [3.8, 4) is 0 Å². The van der Waals surface area contributed by atoms with Crippen molar-refractivity contribution in [1.82, 2.24) is 20.1 Å². The Balaban J connectivity index is 1.67. The van der Waals surface area contributed by atoms with Crippen molar-refractivity contribution in [2.45, 2.75) is 38.9 Å². The third kappa shape index (κ3) is 5.98.